The third kappa shape index (κ3) is 7.15. The summed E-state index contributed by atoms with van der Waals surface area (Å²) >= 11 is 0. The van der Waals surface area contributed by atoms with E-state index in [0.29, 0.717) is 11.1 Å². The Bertz CT molecular complexity index is 2040. The molecule has 2 atom stereocenters. The fraction of sp³-hybridized carbons (Fsp3) is 0.143. The Hall–Kier alpha value is -3.99. The minimum absolute atomic E-state index is 0.112. The van der Waals surface area contributed by atoms with Crippen molar-refractivity contribution in [1.29, 1.82) is 0 Å². The van der Waals surface area contributed by atoms with E-state index >= 15 is 0 Å². The Morgan fingerprint density at radius 1 is 0.767 bits per heavy atom. The molecule has 0 aliphatic heterocycles. The lowest BCUT2D eigenvalue weighted by Crippen LogP contribution is -2.37. The molecule has 2 unspecified atom stereocenters. The Morgan fingerprint density at radius 2 is 1.44 bits per heavy atom. The summed E-state index contributed by atoms with van der Waals surface area (Å²) in [4.78, 5) is 24.7. The zero-order chi connectivity index (χ0) is 31.9. The first kappa shape index (κ1) is 31.9. The van der Waals surface area contributed by atoms with Crippen molar-refractivity contribution in [2.75, 3.05) is 0 Å². The summed E-state index contributed by atoms with van der Waals surface area (Å²) in [5.41, 5.74) is 1.06. The van der Waals surface area contributed by atoms with Crippen LogP contribution in [0.5, 0.6) is 5.75 Å². The number of allylic oxidation sites excluding steroid dienone is 2. The monoisotopic (exact) mass is 648 g/mol. The van der Waals surface area contributed by atoms with Crippen molar-refractivity contribution < 1.29 is 53.2 Å². The second-order valence-electron chi connectivity index (χ2n) is 9.66. The van der Waals surface area contributed by atoms with Gasteiger partial charge in [0.05, 0.1) is 4.90 Å². The largest absolute Gasteiger partial charge is 0.483 e. The molecule has 0 bridgehead atoms. The number of ether oxygens (including phenoxy) is 1. The number of aryl methyl sites for hydroxylation is 2. The maximum Gasteiger partial charge on any atom is 0.298 e. The van der Waals surface area contributed by atoms with Gasteiger partial charge in [0, 0.05) is 22.3 Å². The van der Waals surface area contributed by atoms with Crippen LogP contribution in [0.3, 0.4) is 0 Å². The van der Waals surface area contributed by atoms with Crippen molar-refractivity contribution in [3.63, 3.8) is 0 Å². The highest BCUT2D eigenvalue weighted by Crippen LogP contribution is 2.31. The van der Waals surface area contributed by atoms with Gasteiger partial charge in [-0.05, 0) is 68.0 Å². The first-order chi connectivity index (χ1) is 19.9. The number of carbonyl (C=O) groups excluding carboxylic acids is 2. The van der Waals surface area contributed by atoms with E-state index in [1.165, 1.54) is 18.2 Å². The standard InChI is InChI=1S/C28H24O12S3/c1-16-6-7-17(2)22(12-16)28(30)20-9-11-24(26(15-20)43(37,38)39)40-23-10-8-19(14-25(23)42(34,35)36)27(29)18-4-3-5-21(13-18)41(31,32)33/h3-15,23,25H,1-2H3,(H,31,32,33)(H,34,35,36)(H,37,38,39). The van der Waals surface area contributed by atoms with E-state index in [1.807, 2.05) is 0 Å². The van der Waals surface area contributed by atoms with Gasteiger partial charge in [-0.3, -0.25) is 23.2 Å². The first-order valence-corrected chi connectivity index (χ1v) is 16.6. The van der Waals surface area contributed by atoms with Gasteiger partial charge in [-0.15, -0.1) is 0 Å². The minimum atomic E-state index is -5.02. The van der Waals surface area contributed by atoms with Crippen LogP contribution in [0, 0.1) is 13.8 Å². The van der Waals surface area contributed by atoms with E-state index in [9.17, 15) is 48.5 Å². The van der Waals surface area contributed by atoms with Gasteiger partial charge in [0.15, 0.2) is 11.6 Å². The SMILES string of the molecule is Cc1ccc(C)c(C(=O)c2ccc(OC3C=CC(C(=O)c4cccc(S(=O)(=O)O)c4)=CC3S(=O)(=O)O)c(S(=O)(=O)O)c2)c1. The van der Waals surface area contributed by atoms with Gasteiger partial charge in [-0.25, -0.2) is 0 Å². The molecule has 0 fully saturated rings. The Balaban J connectivity index is 1.70. The van der Waals surface area contributed by atoms with Crippen molar-refractivity contribution >= 4 is 41.9 Å². The van der Waals surface area contributed by atoms with Gasteiger partial charge in [0.1, 0.15) is 22.0 Å². The third-order valence-corrected chi connectivity index (χ3v) is 9.33. The molecule has 12 nitrogen and oxygen atoms in total. The number of rotatable bonds is 9. The van der Waals surface area contributed by atoms with Crippen molar-refractivity contribution in [1.82, 2.24) is 0 Å². The van der Waals surface area contributed by atoms with Gasteiger partial charge in [-0.2, -0.15) is 25.3 Å². The van der Waals surface area contributed by atoms with Crippen LogP contribution in [0.4, 0.5) is 0 Å². The van der Waals surface area contributed by atoms with Crippen molar-refractivity contribution in [2.24, 2.45) is 0 Å². The lowest BCUT2D eigenvalue weighted by atomic mass is 9.96. The number of hydrogen-bond acceptors (Lipinski definition) is 9. The third-order valence-electron chi connectivity index (χ3n) is 6.52. The smallest absolute Gasteiger partial charge is 0.298 e. The molecule has 0 amide bonds. The zero-order valence-corrected chi connectivity index (χ0v) is 24.9. The van der Waals surface area contributed by atoms with Gasteiger partial charge in [-0.1, -0.05) is 35.9 Å². The molecule has 0 spiro atoms. The summed E-state index contributed by atoms with van der Waals surface area (Å²) in [5, 5.41) is -1.95. The maximum absolute atomic E-state index is 13.1. The fourth-order valence-electron chi connectivity index (χ4n) is 4.34. The Morgan fingerprint density at radius 3 is 2.07 bits per heavy atom. The molecule has 1 aliphatic rings. The molecule has 0 aromatic heterocycles. The van der Waals surface area contributed by atoms with Crippen LogP contribution < -0.4 is 4.74 Å². The summed E-state index contributed by atoms with van der Waals surface area (Å²) in [6, 6.07) is 12.6. The molecule has 226 valence electrons. The molecule has 15 heteroatoms. The van der Waals surface area contributed by atoms with E-state index in [4.69, 9.17) is 4.74 Å². The van der Waals surface area contributed by atoms with Crippen LogP contribution >= 0.6 is 0 Å². The second-order valence-corrected chi connectivity index (χ2v) is 14.0. The molecule has 0 heterocycles. The number of hydrogen-bond donors (Lipinski definition) is 3. The molecule has 4 rings (SSSR count). The van der Waals surface area contributed by atoms with Crippen molar-refractivity contribution in [2.45, 2.75) is 35.0 Å². The Labute approximate surface area is 247 Å². The van der Waals surface area contributed by atoms with E-state index in [0.717, 1.165) is 48.1 Å². The first-order valence-electron chi connectivity index (χ1n) is 12.2. The van der Waals surface area contributed by atoms with Crippen LogP contribution in [0.1, 0.15) is 37.4 Å². The normalized spacial score (nSPS) is 17.3. The van der Waals surface area contributed by atoms with E-state index in [-0.39, 0.29) is 16.7 Å². The number of carbonyl (C=O) groups is 2. The summed E-state index contributed by atoms with van der Waals surface area (Å²) < 4.78 is 107. The summed E-state index contributed by atoms with van der Waals surface area (Å²) in [6.45, 7) is 3.46. The van der Waals surface area contributed by atoms with Crippen LogP contribution in [0.25, 0.3) is 0 Å². The number of benzene rings is 3. The van der Waals surface area contributed by atoms with E-state index in [2.05, 4.69) is 0 Å². The highest BCUT2D eigenvalue weighted by atomic mass is 32.2. The Kier molecular flexibility index (Phi) is 8.61. The zero-order valence-electron chi connectivity index (χ0n) is 22.4. The highest BCUT2D eigenvalue weighted by Gasteiger charge is 2.36. The summed E-state index contributed by atoms with van der Waals surface area (Å²) in [7, 11) is -14.7. The minimum Gasteiger partial charge on any atom is -0.483 e. The number of Topliss-reactive ketones (excluding diaryl/α,β-unsaturated/α-hetero) is 1. The predicted molar refractivity (Wildman–Crippen MR) is 153 cm³/mol. The molecule has 0 saturated heterocycles. The van der Waals surface area contributed by atoms with E-state index < -0.39 is 68.8 Å². The quantitative estimate of drug-likeness (QED) is 0.225. The molecule has 3 N–H and O–H groups in total. The summed E-state index contributed by atoms with van der Waals surface area (Å²) in [5.74, 6) is -1.95. The van der Waals surface area contributed by atoms with Crippen LogP contribution in [0.15, 0.2) is 94.3 Å². The van der Waals surface area contributed by atoms with Gasteiger partial charge < -0.3 is 4.74 Å². The van der Waals surface area contributed by atoms with Gasteiger partial charge >= 0.3 is 0 Å². The van der Waals surface area contributed by atoms with Crippen LogP contribution in [0.2, 0.25) is 0 Å². The van der Waals surface area contributed by atoms with Crippen molar-refractivity contribution in [3.05, 3.63) is 112 Å². The van der Waals surface area contributed by atoms with Crippen LogP contribution in [-0.2, 0) is 30.4 Å². The highest BCUT2D eigenvalue weighted by molar-refractivity contribution is 7.86. The average Bonchev–Trinajstić information content (AvgIpc) is 2.92. The average molecular weight is 649 g/mol. The molecule has 1 aliphatic carbocycles. The molecule has 3 aromatic rings. The second kappa shape index (κ2) is 11.6. The van der Waals surface area contributed by atoms with E-state index in [1.54, 1.807) is 32.0 Å². The number of ketones is 2. The molecule has 0 saturated carbocycles. The summed E-state index contributed by atoms with van der Waals surface area (Å²) in [6.07, 6.45) is 1.37. The lowest BCUT2D eigenvalue weighted by molar-refractivity contribution is 0.102. The van der Waals surface area contributed by atoms with Crippen molar-refractivity contribution in [3.8, 4) is 5.75 Å². The molecular formula is C28H24O12S3. The molecule has 0 radical (unpaired) electrons. The van der Waals surface area contributed by atoms with Crippen LogP contribution in [-0.4, -0.2) is 61.8 Å². The maximum atomic E-state index is 13.1. The fourth-order valence-corrected chi connectivity index (χ4v) is 6.32. The van der Waals surface area contributed by atoms with Gasteiger partial charge in [0.25, 0.3) is 30.4 Å². The predicted octanol–water partition coefficient (Wildman–Crippen LogP) is 3.41. The molecule has 3 aromatic carbocycles. The van der Waals surface area contributed by atoms with Gasteiger partial charge in [0.2, 0.25) is 0 Å². The molecule has 43 heavy (non-hydrogen) atoms. The molecular weight excluding hydrogens is 624 g/mol. The lowest BCUT2D eigenvalue weighted by Gasteiger charge is -2.25. The topological polar surface area (TPSA) is 206 Å².